The van der Waals surface area contributed by atoms with Gasteiger partial charge in [-0.05, 0) is 26.7 Å². The molecule has 0 aromatic rings. The van der Waals surface area contributed by atoms with Crippen LogP contribution in [0, 0.1) is 0 Å². The Balaban J connectivity index is 2.27. The van der Waals surface area contributed by atoms with Crippen molar-refractivity contribution in [2.24, 2.45) is 0 Å². The lowest BCUT2D eigenvalue weighted by molar-refractivity contribution is -0.396. The summed E-state index contributed by atoms with van der Waals surface area (Å²) in [5, 5.41) is 9.28. The second kappa shape index (κ2) is 11.8. The van der Waals surface area contributed by atoms with Crippen LogP contribution in [0.2, 0.25) is 0 Å². The van der Waals surface area contributed by atoms with Crippen molar-refractivity contribution in [3.8, 4) is 0 Å². The number of halogens is 9. The Morgan fingerprint density at radius 3 is 1.74 bits per heavy atom. The second-order valence-corrected chi connectivity index (χ2v) is 10.7. The molecule has 1 aliphatic rings. The van der Waals surface area contributed by atoms with E-state index in [4.69, 9.17) is 0 Å². The van der Waals surface area contributed by atoms with Gasteiger partial charge >= 0.3 is 29.9 Å². The number of carbonyl (C=O) groups excluding carboxylic acids is 1. The molecule has 0 radical (unpaired) electrons. The van der Waals surface area contributed by atoms with Crippen LogP contribution in [0.4, 0.5) is 39.5 Å². The van der Waals surface area contributed by atoms with E-state index in [0.717, 1.165) is 0 Å². The number of nitrogens with zero attached hydrogens (tertiary/aromatic N) is 1. The molecule has 1 N–H and O–H groups in total. The normalized spacial score (nSPS) is 19.3. The first-order valence-electron chi connectivity index (χ1n) is 11.2. The summed E-state index contributed by atoms with van der Waals surface area (Å²) in [7, 11) is 0. The minimum Gasteiger partial charge on any atom is -0.480 e. The van der Waals surface area contributed by atoms with Crippen LogP contribution in [0.25, 0.3) is 0 Å². The Morgan fingerprint density at radius 2 is 1.29 bits per heavy atom. The second-order valence-electron chi connectivity index (χ2n) is 9.05. The Bertz CT molecular complexity index is 729. The molecule has 0 aromatic heterocycles. The maximum absolute atomic E-state index is 13.4. The van der Waals surface area contributed by atoms with Crippen molar-refractivity contribution >= 4 is 23.6 Å². The van der Waals surface area contributed by atoms with Crippen LogP contribution < -0.4 is 0 Å². The van der Waals surface area contributed by atoms with Crippen molar-refractivity contribution in [1.29, 1.82) is 0 Å². The lowest BCUT2D eigenvalue weighted by atomic mass is 9.97. The van der Waals surface area contributed by atoms with Gasteiger partial charge in [0.05, 0.1) is 4.87 Å². The molecule has 1 fully saturated rings. The van der Waals surface area contributed by atoms with Crippen LogP contribution in [-0.2, 0) is 9.59 Å². The summed E-state index contributed by atoms with van der Waals surface area (Å²) in [5.41, 5.74) is 0. The quantitative estimate of drug-likeness (QED) is 0.186. The fraction of sp³-hybridized carbons (Fsp3) is 0.905. The Morgan fingerprint density at radius 1 is 0.829 bits per heavy atom. The summed E-state index contributed by atoms with van der Waals surface area (Å²) >= 11 is 1.38. The summed E-state index contributed by atoms with van der Waals surface area (Å²) in [6, 6.07) is -0.880. The van der Waals surface area contributed by atoms with Gasteiger partial charge in [0.2, 0.25) is 5.91 Å². The number of aliphatic carboxylic acids is 1. The molecule has 0 aliphatic carbocycles. The van der Waals surface area contributed by atoms with Gasteiger partial charge in [-0.15, -0.1) is 11.8 Å². The van der Waals surface area contributed by atoms with Crippen LogP contribution in [0.15, 0.2) is 0 Å². The number of hydrogen-bond donors (Lipinski definition) is 1. The SMILES string of the molecule is CC1(C)SC[C@@H](C(=O)O)N1C(=O)CCCCCCCCCCC(F)(F)C(F)(F)C(F)(F)C(F)(F)F. The zero-order valence-electron chi connectivity index (χ0n) is 19.4. The molecular weight excluding hydrogens is 517 g/mol. The molecule has 1 heterocycles. The maximum Gasteiger partial charge on any atom is 0.460 e. The fourth-order valence-electron chi connectivity index (χ4n) is 3.83. The van der Waals surface area contributed by atoms with Gasteiger partial charge in [-0.1, -0.05) is 38.5 Å². The number of rotatable bonds is 14. The molecule has 206 valence electrons. The maximum atomic E-state index is 13.4. The van der Waals surface area contributed by atoms with Gasteiger partial charge in [0.1, 0.15) is 6.04 Å². The minimum atomic E-state index is -6.84. The van der Waals surface area contributed by atoms with Crippen molar-refractivity contribution in [1.82, 2.24) is 4.90 Å². The van der Waals surface area contributed by atoms with E-state index in [0.29, 0.717) is 44.3 Å². The minimum absolute atomic E-state index is 0.0416. The molecule has 0 unspecified atom stereocenters. The van der Waals surface area contributed by atoms with Gasteiger partial charge in [-0.3, -0.25) is 4.79 Å². The van der Waals surface area contributed by atoms with E-state index in [-0.39, 0.29) is 18.7 Å². The lowest BCUT2D eigenvalue weighted by Gasteiger charge is -2.33. The monoisotopic (exact) mass is 547 g/mol. The van der Waals surface area contributed by atoms with Gasteiger partial charge in [-0.25, -0.2) is 4.79 Å². The number of thioether (sulfide) groups is 1. The van der Waals surface area contributed by atoms with E-state index in [2.05, 4.69) is 0 Å². The van der Waals surface area contributed by atoms with Crippen LogP contribution in [0.5, 0.6) is 0 Å². The predicted octanol–water partition coefficient (Wildman–Crippen LogP) is 7.12. The standard InChI is InChI=1S/C21H30F9NO3S/c1-17(2)31(14(13-35-17)16(33)34)15(32)11-9-7-5-3-4-6-8-10-12-18(22,23)19(24,25)20(26,27)21(28,29)30/h14H,3-13H2,1-2H3,(H,33,34)/t14-/m0/s1. The van der Waals surface area contributed by atoms with Crippen LogP contribution in [0.1, 0.15) is 78.1 Å². The van der Waals surface area contributed by atoms with Gasteiger partial charge in [0, 0.05) is 18.6 Å². The molecule has 4 nitrogen and oxygen atoms in total. The average molecular weight is 548 g/mol. The van der Waals surface area contributed by atoms with Crippen molar-refractivity contribution in [2.75, 3.05) is 5.75 Å². The molecule has 0 spiro atoms. The number of unbranched alkanes of at least 4 members (excludes halogenated alkanes) is 7. The first kappa shape index (κ1) is 31.7. The molecule has 0 aromatic carbocycles. The van der Waals surface area contributed by atoms with Gasteiger partial charge in [0.15, 0.2) is 0 Å². The van der Waals surface area contributed by atoms with Crippen molar-refractivity contribution in [3.05, 3.63) is 0 Å². The summed E-state index contributed by atoms with van der Waals surface area (Å²) < 4.78 is 115. The fourth-order valence-corrected chi connectivity index (χ4v) is 5.05. The number of carbonyl (C=O) groups is 2. The van der Waals surface area contributed by atoms with E-state index < -0.39 is 53.7 Å². The highest BCUT2D eigenvalue weighted by Gasteiger charge is 2.81. The molecule has 0 bridgehead atoms. The van der Waals surface area contributed by atoms with Crippen molar-refractivity contribution < 1.29 is 54.2 Å². The summed E-state index contributed by atoms with van der Waals surface area (Å²) in [5.74, 6) is -19.9. The third kappa shape index (κ3) is 7.58. The van der Waals surface area contributed by atoms with Gasteiger partial charge in [0.25, 0.3) is 0 Å². The number of carboxylic acid groups (broad SMARTS) is 1. The first-order valence-corrected chi connectivity index (χ1v) is 12.2. The average Bonchev–Trinajstić information content (AvgIpc) is 3.03. The Labute approximate surface area is 202 Å². The topological polar surface area (TPSA) is 57.6 Å². The molecule has 1 rings (SSSR count). The van der Waals surface area contributed by atoms with E-state index in [1.54, 1.807) is 13.8 Å². The number of alkyl halides is 9. The molecule has 35 heavy (non-hydrogen) atoms. The highest BCUT2D eigenvalue weighted by molar-refractivity contribution is 8.00. The smallest absolute Gasteiger partial charge is 0.460 e. The van der Waals surface area contributed by atoms with Gasteiger partial charge < -0.3 is 10.0 Å². The molecular formula is C21H30F9NO3S. The number of hydrogen-bond acceptors (Lipinski definition) is 3. The predicted molar refractivity (Wildman–Crippen MR) is 112 cm³/mol. The number of carboxylic acids is 1. The van der Waals surface area contributed by atoms with E-state index in [1.807, 2.05) is 0 Å². The first-order chi connectivity index (χ1) is 15.8. The van der Waals surface area contributed by atoms with Crippen molar-refractivity contribution in [3.63, 3.8) is 0 Å². The summed E-state index contributed by atoms with van der Waals surface area (Å²) in [6.45, 7) is 3.55. The molecule has 14 heteroatoms. The number of amides is 1. The zero-order chi connectivity index (χ0) is 27.3. The molecule has 1 saturated heterocycles. The summed E-state index contributed by atoms with van der Waals surface area (Å²) in [4.78, 5) is 24.6. The Hall–Kier alpha value is -1.34. The van der Waals surface area contributed by atoms with E-state index in [9.17, 15) is 54.2 Å². The van der Waals surface area contributed by atoms with Crippen LogP contribution in [-0.4, -0.2) is 62.5 Å². The van der Waals surface area contributed by atoms with Crippen LogP contribution >= 0.6 is 11.8 Å². The van der Waals surface area contributed by atoms with Gasteiger partial charge in [-0.2, -0.15) is 39.5 Å². The molecule has 1 atom stereocenters. The molecule has 1 amide bonds. The van der Waals surface area contributed by atoms with E-state index >= 15 is 0 Å². The summed E-state index contributed by atoms with van der Waals surface area (Å²) in [6.07, 6.45) is -5.86. The zero-order valence-corrected chi connectivity index (χ0v) is 20.2. The highest BCUT2D eigenvalue weighted by atomic mass is 32.2. The van der Waals surface area contributed by atoms with E-state index in [1.165, 1.54) is 16.7 Å². The Kier molecular flexibility index (Phi) is 10.7. The molecule has 0 saturated carbocycles. The van der Waals surface area contributed by atoms with Crippen molar-refractivity contribution in [2.45, 2.75) is 113 Å². The third-order valence-corrected chi connectivity index (χ3v) is 7.27. The lowest BCUT2D eigenvalue weighted by Crippen LogP contribution is -2.60. The van der Waals surface area contributed by atoms with Crippen LogP contribution in [0.3, 0.4) is 0 Å². The third-order valence-electron chi connectivity index (χ3n) is 5.88. The highest BCUT2D eigenvalue weighted by Crippen LogP contribution is 2.54. The molecule has 1 aliphatic heterocycles. The largest absolute Gasteiger partial charge is 0.480 e.